The Morgan fingerprint density at radius 3 is 2.82 bits per heavy atom. The fourth-order valence-electron chi connectivity index (χ4n) is 1.43. The summed E-state index contributed by atoms with van der Waals surface area (Å²) in [6.07, 6.45) is 5.25. The Morgan fingerprint density at radius 1 is 1.41 bits per heavy atom. The highest BCUT2D eigenvalue weighted by Gasteiger charge is 2.08. The molecule has 4 nitrogen and oxygen atoms in total. The van der Waals surface area contributed by atoms with Gasteiger partial charge in [-0.25, -0.2) is 4.98 Å². The van der Waals surface area contributed by atoms with Crippen molar-refractivity contribution in [3.05, 3.63) is 52.5 Å². The van der Waals surface area contributed by atoms with Gasteiger partial charge < -0.3 is 5.21 Å². The lowest BCUT2D eigenvalue weighted by Gasteiger charge is -2.07. The summed E-state index contributed by atoms with van der Waals surface area (Å²) in [6.45, 7) is 0. The standard InChI is InChI=1S/C11H9Cl2N3O/c12-9-2-1-8(10(13)6-9)5-11(15-17)16-4-3-14-7-16/h1-4,6-7,17H,5H2. The molecule has 1 heterocycles. The Kier molecular flexibility index (Phi) is 3.66. The van der Waals surface area contributed by atoms with E-state index in [-0.39, 0.29) is 0 Å². The number of halogens is 2. The van der Waals surface area contributed by atoms with E-state index in [0.717, 1.165) is 5.56 Å². The monoisotopic (exact) mass is 269 g/mol. The Labute approximate surface area is 108 Å². The van der Waals surface area contributed by atoms with Gasteiger partial charge in [0.2, 0.25) is 0 Å². The van der Waals surface area contributed by atoms with Gasteiger partial charge in [0.1, 0.15) is 6.33 Å². The second-order valence-corrected chi connectivity index (χ2v) is 4.24. The number of rotatable bonds is 2. The molecule has 0 amide bonds. The van der Waals surface area contributed by atoms with E-state index in [1.807, 2.05) is 0 Å². The third-order valence-corrected chi connectivity index (χ3v) is 2.87. The zero-order chi connectivity index (χ0) is 12.3. The largest absolute Gasteiger partial charge is 0.409 e. The van der Waals surface area contributed by atoms with Gasteiger partial charge in [-0.05, 0) is 17.7 Å². The van der Waals surface area contributed by atoms with Crippen LogP contribution >= 0.6 is 23.2 Å². The minimum absolute atomic E-state index is 0.392. The minimum atomic E-state index is 0.392. The van der Waals surface area contributed by atoms with Gasteiger partial charge in [-0.3, -0.25) is 4.57 Å². The highest BCUT2D eigenvalue weighted by molar-refractivity contribution is 6.35. The molecule has 17 heavy (non-hydrogen) atoms. The summed E-state index contributed by atoms with van der Waals surface area (Å²) in [6, 6.07) is 5.19. The molecule has 0 atom stereocenters. The van der Waals surface area contributed by atoms with Crippen LogP contribution in [-0.2, 0) is 6.42 Å². The van der Waals surface area contributed by atoms with Crippen LogP contribution in [0, 0.1) is 0 Å². The first-order valence-electron chi connectivity index (χ1n) is 4.84. The normalized spacial score (nSPS) is 11.8. The first-order chi connectivity index (χ1) is 8.20. The van der Waals surface area contributed by atoms with Gasteiger partial charge in [-0.1, -0.05) is 34.4 Å². The third-order valence-electron chi connectivity index (χ3n) is 2.28. The molecule has 0 saturated heterocycles. The highest BCUT2D eigenvalue weighted by Crippen LogP contribution is 2.21. The summed E-state index contributed by atoms with van der Waals surface area (Å²) in [5.74, 6) is 0.437. The molecule has 0 bridgehead atoms. The number of hydrogen-bond acceptors (Lipinski definition) is 3. The smallest absolute Gasteiger partial charge is 0.158 e. The second kappa shape index (κ2) is 5.21. The molecule has 0 aliphatic carbocycles. The summed E-state index contributed by atoms with van der Waals surface area (Å²) < 4.78 is 1.62. The number of nitrogens with zero attached hydrogens (tertiary/aromatic N) is 3. The van der Waals surface area contributed by atoms with Gasteiger partial charge in [0.05, 0.1) is 0 Å². The molecule has 0 unspecified atom stereocenters. The predicted molar refractivity (Wildman–Crippen MR) is 67.0 cm³/mol. The average Bonchev–Trinajstić information content (AvgIpc) is 2.81. The molecule has 0 aliphatic heterocycles. The van der Waals surface area contributed by atoms with Crippen molar-refractivity contribution >= 4 is 29.0 Å². The van der Waals surface area contributed by atoms with Crippen molar-refractivity contribution < 1.29 is 5.21 Å². The van der Waals surface area contributed by atoms with Crippen LogP contribution in [0.3, 0.4) is 0 Å². The van der Waals surface area contributed by atoms with E-state index in [1.165, 1.54) is 0 Å². The fourth-order valence-corrected chi connectivity index (χ4v) is 1.90. The topological polar surface area (TPSA) is 50.4 Å². The van der Waals surface area contributed by atoms with Crippen LogP contribution in [0.1, 0.15) is 5.56 Å². The Morgan fingerprint density at radius 2 is 2.24 bits per heavy atom. The quantitative estimate of drug-likeness (QED) is 0.394. The molecule has 0 spiro atoms. The molecular weight excluding hydrogens is 261 g/mol. The number of imidazole rings is 1. The van der Waals surface area contributed by atoms with E-state index < -0.39 is 0 Å². The van der Waals surface area contributed by atoms with Crippen LogP contribution in [0.4, 0.5) is 0 Å². The third kappa shape index (κ3) is 2.78. The fraction of sp³-hybridized carbons (Fsp3) is 0.0909. The summed E-state index contributed by atoms with van der Waals surface area (Å²) in [5.41, 5.74) is 0.831. The lowest BCUT2D eigenvalue weighted by molar-refractivity contribution is 0.315. The molecule has 2 aromatic rings. The maximum Gasteiger partial charge on any atom is 0.158 e. The van der Waals surface area contributed by atoms with Crippen molar-refractivity contribution in [2.45, 2.75) is 6.42 Å². The first-order valence-corrected chi connectivity index (χ1v) is 5.59. The highest BCUT2D eigenvalue weighted by atomic mass is 35.5. The Bertz CT molecular complexity index is 538. The van der Waals surface area contributed by atoms with Crippen LogP contribution < -0.4 is 0 Å². The van der Waals surface area contributed by atoms with Gasteiger partial charge in [0, 0.05) is 28.9 Å². The lowest BCUT2D eigenvalue weighted by atomic mass is 10.1. The molecule has 0 fully saturated rings. The van der Waals surface area contributed by atoms with Crippen LogP contribution in [0.25, 0.3) is 0 Å². The molecule has 1 N–H and O–H groups in total. The minimum Gasteiger partial charge on any atom is -0.409 e. The van der Waals surface area contributed by atoms with Gasteiger partial charge >= 0.3 is 0 Å². The van der Waals surface area contributed by atoms with Gasteiger partial charge in [0.15, 0.2) is 5.84 Å². The summed E-state index contributed by atoms with van der Waals surface area (Å²) in [4.78, 5) is 3.89. The summed E-state index contributed by atoms with van der Waals surface area (Å²) >= 11 is 11.9. The number of benzene rings is 1. The molecule has 1 aromatic heterocycles. The van der Waals surface area contributed by atoms with Crippen molar-refractivity contribution in [3.63, 3.8) is 0 Å². The first kappa shape index (κ1) is 12.0. The van der Waals surface area contributed by atoms with Crippen molar-refractivity contribution in [2.24, 2.45) is 5.16 Å². The molecule has 1 aromatic carbocycles. The Balaban J connectivity index is 2.25. The predicted octanol–water partition coefficient (Wildman–Crippen LogP) is 3.07. The molecule has 88 valence electrons. The molecule has 6 heteroatoms. The van der Waals surface area contributed by atoms with Crippen molar-refractivity contribution in [3.8, 4) is 0 Å². The molecule has 0 saturated carbocycles. The molecular formula is C11H9Cl2N3O. The van der Waals surface area contributed by atoms with Crippen LogP contribution in [0.5, 0.6) is 0 Å². The number of oxime groups is 1. The van der Waals surface area contributed by atoms with E-state index in [4.69, 9.17) is 28.4 Å². The van der Waals surface area contributed by atoms with E-state index in [2.05, 4.69) is 10.1 Å². The maximum atomic E-state index is 8.97. The maximum absolute atomic E-state index is 8.97. The Hall–Kier alpha value is -1.52. The lowest BCUT2D eigenvalue weighted by Crippen LogP contribution is -2.13. The van der Waals surface area contributed by atoms with Gasteiger partial charge in [-0.15, -0.1) is 0 Å². The van der Waals surface area contributed by atoms with E-state index in [0.29, 0.717) is 22.3 Å². The van der Waals surface area contributed by atoms with Crippen LogP contribution in [0.15, 0.2) is 42.1 Å². The molecule has 2 rings (SSSR count). The van der Waals surface area contributed by atoms with Gasteiger partial charge in [0.25, 0.3) is 0 Å². The second-order valence-electron chi connectivity index (χ2n) is 3.40. The van der Waals surface area contributed by atoms with E-state index in [1.54, 1.807) is 41.5 Å². The van der Waals surface area contributed by atoms with Crippen molar-refractivity contribution in [1.29, 1.82) is 0 Å². The van der Waals surface area contributed by atoms with E-state index in [9.17, 15) is 0 Å². The van der Waals surface area contributed by atoms with Crippen molar-refractivity contribution in [2.75, 3.05) is 0 Å². The zero-order valence-corrected chi connectivity index (χ0v) is 10.2. The van der Waals surface area contributed by atoms with Gasteiger partial charge in [-0.2, -0.15) is 0 Å². The van der Waals surface area contributed by atoms with E-state index >= 15 is 0 Å². The summed E-state index contributed by atoms with van der Waals surface area (Å²) in [5, 5.41) is 13.3. The molecule has 0 aliphatic rings. The SMILES string of the molecule is ON=C(Cc1ccc(Cl)cc1Cl)n1ccnc1. The average molecular weight is 270 g/mol. The molecule has 0 radical (unpaired) electrons. The number of hydrogen-bond donors (Lipinski definition) is 1. The number of aromatic nitrogens is 2. The zero-order valence-electron chi connectivity index (χ0n) is 8.72. The van der Waals surface area contributed by atoms with Crippen LogP contribution in [-0.4, -0.2) is 20.6 Å². The van der Waals surface area contributed by atoms with Crippen LogP contribution in [0.2, 0.25) is 10.0 Å². The van der Waals surface area contributed by atoms with Crippen molar-refractivity contribution in [1.82, 2.24) is 9.55 Å². The summed E-state index contributed by atoms with van der Waals surface area (Å²) in [7, 11) is 0.